The Hall–Kier alpha value is -1.14. The molecule has 160 valence electrons. The summed E-state index contributed by atoms with van der Waals surface area (Å²) in [5, 5.41) is 7.06. The summed E-state index contributed by atoms with van der Waals surface area (Å²) in [5.74, 6) is -0.0688. The molecule has 4 atom stereocenters. The zero-order chi connectivity index (χ0) is 19.6. The van der Waals surface area contributed by atoms with E-state index < -0.39 is 0 Å². The molecule has 0 radical (unpaired) electrons. The summed E-state index contributed by atoms with van der Waals surface area (Å²) in [6.07, 6.45) is 13.7. The molecule has 6 aliphatic rings. The number of esters is 2. The van der Waals surface area contributed by atoms with Gasteiger partial charge in [0.15, 0.2) is 0 Å². The largest absolute Gasteiger partial charge is 0.461 e. The van der Waals surface area contributed by atoms with Crippen molar-refractivity contribution in [3.8, 4) is 0 Å². The first-order valence-corrected chi connectivity index (χ1v) is 11.5. The monoisotopic (exact) mass is 394 g/mol. The van der Waals surface area contributed by atoms with Crippen LogP contribution in [-0.4, -0.2) is 49.3 Å². The average molecular weight is 395 g/mol. The maximum atomic E-state index is 12.1. The molecule has 6 aliphatic heterocycles. The third kappa shape index (κ3) is 7.70. The van der Waals surface area contributed by atoms with Gasteiger partial charge in [0.2, 0.25) is 0 Å². The lowest BCUT2D eigenvalue weighted by Crippen LogP contribution is -2.43. The Kier molecular flexibility index (Phi) is 9.06. The zero-order valence-corrected chi connectivity index (χ0v) is 17.3. The summed E-state index contributed by atoms with van der Waals surface area (Å²) in [6, 6.07) is 1.03. The molecule has 0 aromatic rings. The van der Waals surface area contributed by atoms with Crippen molar-refractivity contribution in [3.63, 3.8) is 0 Å². The Morgan fingerprint density at radius 1 is 0.571 bits per heavy atom. The number of hydrogen-bond donors (Lipinski definition) is 2. The predicted molar refractivity (Wildman–Crippen MR) is 108 cm³/mol. The summed E-state index contributed by atoms with van der Waals surface area (Å²) in [7, 11) is 0. The van der Waals surface area contributed by atoms with E-state index in [0.717, 1.165) is 90.1 Å². The molecule has 2 N–H and O–H groups in total. The van der Waals surface area contributed by atoms with Gasteiger partial charge in [-0.1, -0.05) is 25.7 Å². The number of carbonyl (C=O) groups excluding carboxylic acids is 2. The second-order valence-electron chi connectivity index (χ2n) is 8.79. The van der Waals surface area contributed by atoms with Gasteiger partial charge in [-0.2, -0.15) is 0 Å². The molecule has 0 aromatic heterocycles. The highest BCUT2D eigenvalue weighted by Crippen LogP contribution is 2.20. The highest BCUT2D eigenvalue weighted by Gasteiger charge is 2.24. The quantitative estimate of drug-likeness (QED) is 0.614. The molecule has 6 saturated heterocycles. The zero-order valence-electron chi connectivity index (χ0n) is 17.3. The minimum atomic E-state index is -0.0344. The Morgan fingerprint density at radius 2 is 1.04 bits per heavy atom. The number of rotatable bonds is 0. The van der Waals surface area contributed by atoms with Crippen LogP contribution in [0.3, 0.4) is 0 Å². The van der Waals surface area contributed by atoms with Crippen molar-refractivity contribution in [1.29, 1.82) is 0 Å². The van der Waals surface area contributed by atoms with E-state index in [0.29, 0.717) is 24.9 Å². The van der Waals surface area contributed by atoms with Crippen LogP contribution in [0.25, 0.3) is 0 Å². The first-order chi connectivity index (χ1) is 13.7. The molecule has 0 saturated carbocycles. The Balaban J connectivity index is 1.44. The van der Waals surface area contributed by atoms with Crippen LogP contribution in [0.15, 0.2) is 0 Å². The lowest BCUT2D eigenvalue weighted by molar-refractivity contribution is -0.151. The third-order valence-corrected chi connectivity index (χ3v) is 6.41. The van der Waals surface area contributed by atoms with E-state index in [2.05, 4.69) is 10.6 Å². The van der Waals surface area contributed by atoms with Gasteiger partial charge >= 0.3 is 11.9 Å². The summed E-state index contributed by atoms with van der Waals surface area (Å²) < 4.78 is 11.3. The lowest BCUT2D eigenvalue weighted by atomic mass is 9.96. The first-order valence-electron chi connectivity index (χ1n) is 11.5. The van der Waals surface area contributed by atoms with Crippen LogP contribution in [0.2, 0.25) is 0 Å². The molecular weight excluding hydrogens is 356 g/mol. The Morgan fingerprint density at radius 3 is 1.43 bits per heavy atom. The Bertz CT molecular complexity index is 439. The van der Waals surface area contributed by atoms with Crippen molar-refractivity contribution in [3.05, 3.63) is 0 Å². The topological polar surface area (TPSA) is 76.7 Å². The molecule has 0 aromatic carbocycles. The molecule has 4 unspecified atom stereocenters. The van der Waals surface area contributed by atoms with Gasteiger partial charge in [0.25, 0.3) is 0 Å². The maximum absolute atomic E-state index is 12.1. The molecule has 0 amide bonds. The fraction of sp³-hybridized carbons (Fsp3) is 0.909. The van der Waals surface area contributed by atoms with E-state index in [1.807, 2.05) is 0 Å². The van der Waals surface area contributed by atoms with Gasteiger partial charge in [0, 0.05) is 38.0 Å². The van der Waals surface area contributed by atoms with Crippen LogP contribution in [0.1, 0.15) is 89.9 Å². The second kappa shape index (κ2) is 11.8. The molecule has 6 rings (SSSR count). The van der Waals surface area contributed by atoms with Crippen molar-refractivity contribution in [1.82, 2.24) is 10.6 Å². The molecule has 6 fully saturated rings. The van der Waals surface area contributed by atoms with Crippen molar-refractivity contribution >= 4 is 11.9 Å². The van der Waals surface area contributed by atoms with Gasteiger partial charge in [0.1, 0.15) is 12.2 Å². The van der Waals surface area contributed by atoms with Crippen LogP contribution in [0.5, 0.6) is 0 Å². The highest BCUT2D eigenvalue weighted by atomic mass is 16.5. The van der Waals surface area contributed by atoms with E-state index in [1.165, 1.54) is 0 Å². The third-order valence-electron chi connectivity index (χ3n) is 6.41. The number of hydrogen-bond acceptors (Lipinski definition) is 6. The summed E-state index contributed by atoms with van der Waals surface area (Å²) in [6.45, 7) is 1.55. The number of nitrogens with one attached hydrogen (secondary N) is 2. The normalized spacial score (nSPS) is 34.7. The molecule has 0 aliphatic carbocycles. The predicted octanol–water partition coefficient (Wildman–Crippen LogP) is 3.23. The van der Waals surface area contributed by atoms with Gasteiger partial charge < -0.3 is 20.1 Å². The molecule has 6 heteroatoms. The average Bonchev–Trinajstić information content (AvgIpc) is 2.69. The van der Waals surface area contributed by atoms with Crippen molar-refractivity contribution in [2.45, 2.75) is 114 Å². The summed E-state index contributed by atoms with van der Waals surface area (Å²) >= 11 is 0. The molecule has 28 heavy (non-hydrogen) atoms. The minimum absolute atomic E-state index is 0.0344. The molecule has 6 nitrogen and oxygen atoms in total. The van der Waals surface area contributed by atoms with E-state index in [-0.39, 0.29) is 24.1 Å². The van der Waals surface area contributed by atoms with Crippen LogP contribution in [0, 0.1) is 0 Å². The van der Waals surface area contributed by atoms with Crippen LogP contribution in [-0.2, 0) is 19.1 Å². The number of carbonyl (C=O) groups is 2. The number of piperidine rings is 2. The maximum Gasteiger partial charge on any atom is 0.306 e. The molecular formula is C22H38N2O4. The lowest BCUT2D eigenvalue weighted by Gasteiger charge is -2.30. The second-order valence-corrected chi connectivity index (χ2v) is 8.79. The van der Waals surface area contributed by atoms with E-state index in [1.54, 1.807) is 0 Å². The summed E-state index contributed by atoms with van der Waals surface area (Å²) in [4.78, 5) is 24.1. The smallest absolute Gasteiger partial charge is 0.306 e. The van der Waals surface area contributed by atoms with Gasteiger partial charge in [-0.05, 0) is 51.4 Å². The van der Waals surface area contributed by atoms with E-state index >= 15 is 0 Å². The van der Waals surface area contributed by atoms with Crippen LogP contribution >= 0.6 is 0 Å². The van der Waals surface area contributed by atoms with Gasteiger partial charge in [-0.3, -0.25) is 9.59 Å². The SMILES string of the molecule is O=C1CCCCCC2CCC(CN2)OC(=O)CCCCCC2CCC(CN2)O1. The molecule has 4 bridgehead atoms. The first kappa shape index (κ1) is 21.6. The van der Waals surface area contributed by atoms with E-state index in [9.17, 15) is 9.59 Å². The number of ether oxygens (including phenoxy) is 2. The fourth-order valence-electron chi connectivity index (χ4n) is 4.64. The highest BCUT2D eigenvalue weighted by molar-refractivity contribution is 5.69. The van der Waals surface area contributed by atoms with Gasteiger partial charge in [-0.25, -0.2) is 0 Å². The fourth-order valence-corrected chi connectivity index (χ4v) is 4.64. The van der Waals surface area contributed by atoms with Gasteiger partial charge in [0.05, 0.1) is 0 Å². The molecule has 6 heterocycles. The minimum Gasteiger partial charge on any atom is -0.461 e. The Labute approximate surface area is 169 Å². The standard InChI is InChI=1S/C22H38N2O4/c25-21-9-5-1-3-7-17-11-13-20(15-23-17)28-22(26)10-6-2-4-8-18-12-14-19(27-21)16-24-18/h17-20,23-24H,1-16H2. The van der Waals surface area contributed by atoms with Crippen molar-refractivity contribution < 1.29 is 19.1 Å². The van der Waals surface area contributed by atoms with Gasteiger partial charge in [-0.15, -0.1) is 0 Å². The summed E-state index contributed by atoms with van der Waals surface area (Å²) in [5.41, 5.74) is 0. The van der Waals surface area contributed by atoms with E-state index in [4.69, 9.17) is 9.47 Å². The van der Waals surface area contributed by atoms with Crippen molar-refractivity contribution in [2.75, 3.05) is 13.1 Å². The van der Waals surface area contributed by atoms with Crippen LogP contribution < -0.4 is 10.6 Å². The van der Waals surface area contributed by atoms with Crippen LogP contribution in [0.4, 0.5) is 0 Å². The van der Waals surface area contributed by atoms with Crippen molar-refractivity contribution in [2.24, 2.45) is 0 Å². The molecule has 0 spiro atoms.